The van der Waals surface area contributed by atoms with Gasteiger partial charge in [-0.15, -0.1) is 6.58 Å². The SMILES string of the molecule is C=CC1(C)C(C)CCC(=O)C1CO. The predicted molar refractivity (Wildman–Crippen MR) is 52.3 cm³/mol. The molecule has 0 radical (unpaired) electrons. The molecule has 0 aliphatic heterocycles. The van der Waals surface area contributed by atoms with E-state index in [2.05, 4.69) is 13.5 Å². The average Bonchev–Trinajstić information content (AvgIpc) is 2.13. The van der Waals surface area contributed by atoms with Crippen molar-refractivity contribution < 1.29 is 9.90 Å². The van der Waals surface area contributed by atoms with Gasteiger partial charge in [-0.1, -0.05) is 19.9 Å². The fourth-order valence-corrected chi connectivity index (χ4v) is 2.18. The Balaban J connectivity index is 2.96. The Morgan fingerprint density at radius 1 is 1.77 bits per heavy atom. The molecule has 2 nitrogen and oxygen atoms in total. The van der Waals surface area contributed by atoms with Crippen molar-refractivity contribution in [3.63, 3.8) is 0 Å². The van der Waals surface area contributed by atoms with Crippen LogP contribution in [0.4, 0.5) is 0 Å². The van der Waals surface area contributed by atoms with Gasteiger partial charge in [0.05, 0.1) is 6.61 Å². The summed E-state index contributed by atoms with van der Waals surface area (Å²) < 4.78 is 0. The highest BCUT2D eigenvalue weighted by Gasteiger charge is 2.43. The van der Waals surface area contributed by atoms with Gasteiger partial charge in [-0.3, -0.25) is 4.79 Å². The number of aliphatic hydroxyl groups excluding tert-OH is 1. The first-order valence-corrected chi connectivity index (χ1v) is 4.83. The van der Waals surface area contributed by atoms with Gasteiger partial charge in [0.15, 0.2) is 0 Å². The van der Waals surface area contributed by atoms with E-state index >= 15 is 0 Å². The van der Waals surface area contributed by atoms with Crippen LogP contribution in [0.5, 0.6) is 0 Å². The molecule has 1 fully saturated rings. The van der Waals surface area contributed by atoms with E-state index in [1.54, 1.807) is 0 Å². The van der Waals surface area contributed by atoms with Gasteiger partial charge in [-0.25, -0.2) is 0 Å². The quantitative estimate of drug-likeness (QED) is 0.661. The van der Waals surface area contributed by atoms with Crippen LogP contribution < -0.4 is 0 Å². The van der Waals surface area contributed by atoms with Gasteiger partial charge in [0.1, 0.15) is 5.78 Å². The van der Waals surface area contributed by atoms with Gasteiger partial charge in [0.2, 0.25) is 0 Å². The number of hydrogen-bond acceptors (Lipinski definition) is 2. The zero-order valence-electron chi connectivity index (χ0n) is 8.42. The third-order valence-electron chi connectivity index (χ3n) is 3.65. The van der Waals surface area contributed by atoms with Crippen LogP contribution >= 0.6 is 0 Å². The Hall–Kier alpha value is -0.630. The Morgan fingerprint density at radius 3 is 2.77 bits per heavy atom. The molecule has 1 saturated carbocycles. The zero-order valence-corrected chi connectivity index (χ0v) is 8.42. The minimum Gasteiger partial charge on any atom is -0.396 e. The van der Waals surface area contributed by atoms with Gasteiger partial charge in [-0.05, 0) is 17.8 Å². The van der Waals surface area contributed by atoms with E-state index in [0.29, 0.717) is 12.3 Å². The van der Waals surface area contributed by atoms with Crippen molar-refractivity contribution in [2.24, 2.45) is 17.3 Å². The molecule has 0 aromatic heterocycles. The van der Waals surface area contributed by atoms with Crippen molar-refractivity contribution in [1.29, 1.82) is 0 Å². The summed E-state index contributed by atoms with van der Waals surface area (Å²) in [5.41, 5.74) is -0.218. The molecule has 13 heavy (non-hydrogen) atoms. The van der Waals surface area contributed by atoms with Crippen LogP contribution in [0, 0.1) is 17.3 Å². The van der Waals surface area contributed by atoms with Crippen LogP contribution in [0.3, 0.4) is 0 Å². The van der Waals surface area contributed by atoms with E-state index in [1.165, 1.54) is 0 Å². The molecular weight excluding hydrogens is 164 g/mol. The smallest absolute Gasteiger partial charge is 0.139 e. The topological polar surface area (TPSA) is 37.3 Å². The summed E-state index contributed by atoms with van der Waals surface area (Å²) in [6.07, 6.45) is 3.35. The maximum atomic E-state index is 11.5. The van der Waals surface area contributed by atoms with Crippen LogP contribution in [0.2, 0.25) is 0 Å². The third kappa shape index (κ3) is 1.55. The lowest BCUT2D eigenvalue weighted by Gasteiger charge is -2.42. The van der Waals surface area contributed by atoms with Gasteiger partial charge in [0.25, 0.3) is 0 Å². The Kier molecular flexibility index (Phi) is 2.91. The van der Waals surface area contributed by atoms with Gasteiger partial charge < -0.3 is 5.11 Å². The standard InChI is InChI=1S/C11H18O2/c1-4-11(3)8(2)5-6-10(13)9(11)7-12/h4,8-9,12H,1,5-7H2,2-3H3. The lowest BCUT2D eigenvalue weighted by atomic mass is 9.61. The minimum atomic E-state index is -0.242. The number of hydrogen-bond donors (Lipinski definition) is 1. The van der Waals surface area contributed by atoms with Crippen molar-refractivity contribution in [3.05, 3.63) is 12.7 Å². The molecule has 0 saturated heterocycles. The molecule has 0 heterocycles. The number of aliphatic hydroxyl groups is 1. The van der Waals surface area contributed by atoms with E-state index in [4.69, 9.17) is 0 Å². The maximum Gasteiger partial charge on any atom is 0.139 e. The number of ketones is 1. The number of allylic oxidation sites excluding steroid dienone is 1. The van der Waals surface area contributed by atoms with Crippen molar-refractivity contribution >= 4 is 5.78 Å². The second-order valence-electron chi connectivity index (χ2n) is 4.21. The average molecular weight is 182 g/mol. The van der Waals surface area contributed by atoms with Gasteiger partial charge in [0, 0.05) is 12.3 Å². The minimum absolute atomic E-state index is 0.0499. The summed E-state index contributed by atoms with van der Waals surface area (Å²) in [7, 11) is 0. The molecule has 1 aliphatic carbocycles. The second-order valence-corrected chi connectivity index (χ2v) is 4.21. The summed E-state index contributed by atoms with van der Waals surface area (Å²) in [6, 6.07) is 0. The lowest BCUT2D eigenvalue weighted by molar-refractivity contribution is -0.132. The molecular formula is C11H18O2. The third-order valence-corrected chi connectivity index (χ3v) is 3.65. The first kappa shape index (κ1) is 10.5. The number of carbonyl (C=O) groups excluding carboxylic acids is 1. The van der Waals surface area contributed by atoms with E-state index in [9.17, 15) is 9.90 Å². The van der Waals surface area contributed by atoms with Gasteiger partial charge >= 0.3 is 0 Å². The van der Waals surface area contributed by atoms with Crippen molar-refractivity contribution in [3.8, 4) is 0 Å². The lowest BCUT2D eigenvalue weighted by Crippen LogP contribution is -2.43. The highest BCUT2D eigenvalue weighted by atomic mass is 16.3. The van der Waals surface area contributed by atoms with Crippen LogP contribution in [-0.4, -0.2) is 17.5 Å². The second kappa shape index (κ2) is 3.62. The number of carbonyl (C=O) groups is 1. The summed E-state index contributed by atoms with van der Waals surface area (Å²) in [5.74, 6) is 0.372. The summed E-state index contributed by atoms with van der Waals surface area (Å²) in [6.45, 7) is 7.86. The van der Waals surface area contributed by atoms with Crippen LogP contribution in [-0.2, 0) is 4.79 Å². The first-order chi connectivity index (χ1) is 6.06. The first-order valence-electron chi connectivity index (χ1n) is 4.83. The molecule has 0 aromatic carbocycles. The van der Waals surface area contributed by atoms with Crippen molar-refractivity contribution in [2.75, 3.05) is 6.61 Å². The maximum absolute atomic E-state index is 11.5. The summed E-state index contributed by atoms with van der Waals surface area (Å²) in [4.78, 5) is 11.5. The van der Waals surface area contributed by atoms with E-state index in [-0.39, 0.29) is 23.7 Å². The molecule has 1 aliphatic rings. The molecule has 0 aromatic rings. The zero-order chi connectivity index (χ0) is 10.1. The normalized spacial score (nSPS) is 40.4. The van der Waals surface area contributed by atoms with Gasteiger partial charge in [-0.2, -0.15) is 0 Å². The Bertz CT molecular complexity index is 222. The summed E-state index contributed by atoms with van der Waals surface area (Å²) in [5, 5.41) is 9.18. The highest BCUT2D eigenvalue weighted by Crippen LogP contribution is 2.44. The van der Waals surface area contributed by atoms with E-state index < -0.39 is 0 Å². The monoisotopic (exact) mass is 182 g/mol. The summed E-state index contributed by atoms with van der Waals surface area (Å²) >= 11 is 0. The van der Waals surface area contributed by atoms with Crippen molar-refractivity contribution in [2.45, 2.75) is 26.7 Å². The Labute approximate surface area is 79.6 Å². The van der Waals surface area contributed by atoms with Crippen molar-refractivity contribution in [1.82, 2.24) is 0 Å². The molecule has 74 valence electrons. The predicted octanol–water partition coefficient (Wildman–Crippen LogP) is 1.79. The number of Topliss-reactive ketones (excluding diaryl/α,β-unsaturated/α-hetero) is 1. The van der Waals surface area contributed by atoms with E-state index in [0.717, 1.165) is 6.42 Å². The molecule has 0 amide bonds. The Morgan fingerprint density at radius 2 is 2.38 bits per heavy atom. The largest absolute Gasteiger partial charge is 0.396 e. The fourth-order valence-electron chi connectivity index (χ4n) is 2.18. The van der Waals surface area contributed by atoms with Crippen LogP contribution in [0.1, 0.15) is 26.7 Å². The molecule has 0 bridgehead atoms. The molecule has 1 rings (SSSR count). The molecule has 1 N–H and O–H groups in total. The highest BCUT2D eigenvalue weighted by molar-refractivity contribution is 5.83. The van der Waals surface area contributed by atoms with E-state index in [1.807, 2.05) is 13.0 Å². The molecule has 3 unspecified atom stereocenters. The number of rotatable bonds is 2. The molecule has 0 spiro atoms. The molecule has 2 heteroatoms. The van der Waals surface area contributed by atoms with Crippen LogP contribution in [0.15, 0.2) is 12.7 Å². The molecule has 3 atom stereocenters. The fraction of sp³-hybridized carbons (Fsp3) is 0.727. The van der Waals surface area contributed by atoms with Crippen LogP contribution in [0.25, 0.3) is 0 Å².